The van der Waals surface area contributed by atoms with Crippen molar-refractivity contribution in [3.8, 4) is 0 Å². The number of anilines is 2. The van der Waals surface area contributed by atoms with Crippen LogP contribution in [-0.4, -0.2) is 0 Å². The Labute approximate surface area is 94.1 Å². The smallest absolute Gasteiger partial charge is 0.108 e. The molecule has 80 valence electrons. The molecule has 0 radical (unpaired) electrons. The van der Waals surface area contributed by atoms with Crippen LogP contribution in [0.25, 0.3) is 0 Å². The summed E-state index contributed by atoms with van der Waals surface area (Å²) in [5, 5.41) is 6.11. The fraction of sp³-hybridized carbons (Fsp3) is 0.0769. The Hall–Kier alpha value is -2.16. The van der Waals surface area contributed by atoms with Gasteiger partial charge in [-0.25, -0.2) is 0 Å². The first-order chi connectivity index (χ1) is 7.78. The fourth-order valence-corrected chi connectivity index (χ4v) is 1.50. The molecule has 0 atom stereocenters. The van der Waals surface area contributed by atoms with Gasteiger partial charge in [-0.05, 0) is 54.1 Å². The van der Waals surface area contributed by atoms with Gasteiger partial charge in [0.15, 0.2) is 0 Å². The van der Waals surface area contributed by atoms with Crippen LogP contribution in [0.5, 0.6) is 0 Å². The van der Waals surface area contributed by atoms with E-state index >= 15 is 0 Å². The number of nitrogens with zero attached hydrogens (tertiary/aromatic N) is 1. The molecule has 0 aliphatic rings. The molecular weight excluding hydrogens is 200 g/mol. The van der Waals surface area contributed by atoms with Crippen LogP contribution < -0.4 is 5.32 Å². The lowest BCUT2D eigenvalue weighted by molar-refractivity contribution is 1.44. The van der Waals surface area contributed by atoms with E-state index in [0.717, 1.165) is 11.4 Å². The minimum atomic E-state index is 0.440. The van der Waals surface area contributed by atoms with Gasteiger partial charge >= 0.3 is 0 Å². The topological polar surface area (TPSA) is 41.5 Å². The second kappa shape index (κ2) is 4.57. The van der Waals surface area contributed by atoms with Crippen molar-refractivity contribution in [2.45, 2.75) is 6.92 Å². The van der Waals surface area contributed by atoms with E-state index in [2.05, 4.69) is 16.6 Å². The van der Waals surface area contributed by atoms with E-state index in [1.165, 1.54) is 5.56 Å². The van der Waals surface area contributed by atoms with E-state index in [1.54, 1.807) is 12.1 Å². The first-order valence-corrected chi connectivity index (χ1v) is 5.05. The number of nitroso groups, excluding NO2 is 1. The van der Waals surface area contributed by atoms with E-state index in [-0.39, 0.29) is 0 Å². The summed E-state index contributed by atoms with van der Waals surface area (Å²) in [6, 6.07) is 15.1. The van der Waals surface area contributed by atoms with E-state index < -0.39 is 0 Å². The zero-order valence-corrected chi connectivity index (χ0v) is 8.97. The van der Waals surface area contributed by atoms with E-state index in [4.69, 9.17) is 0 Å². The Morgan fingerprint density at radius 1 is 1.00 bits per heavy atom. The Morgan fingerprint density at radius 3 is 2.38 bits per heavy atom. The molecule has 0 aliphatic heterocycles. The molecule has 0 amide bonds. The molecule has 3 nitrogen and oxygen atoms in total. The SMILES string of the molecule is Cc1cccc(Nc2ccc(N=O)cc2)c1. The number of rotatable bonds is 3. The maximum absolute atomic E-state index is 10.3. The molecule has 1 N–H and O–H groups in total. The van der Waals surface area contributed by atoms with Gasteiger partial charge in [-0.3, -0.25) is 0 Å². The lowest BCUT2D eigenvalue weighted by Crippen LogP contribution is -1.89. The Kier molecular flexibility index (Phi) is 2.96. The van der Waals surface area contributed by atoms with E-state index in [1.807, 2.05) is 37.3 Å². The van der Waals surface area contributed by atoms with Gasteiger partial charge in [-0.15, -0.1) is 4.91 Å². The zero-order valence-electron chi connectivity index (χ0n) is 8.97. The molecule has 0 spiro atoms. The Bertz CT molecular complexity index is 492. The molecule has 0 saturated heterocycles. The van der Waals surface area contributed by atoms with Crippen molar-refractivity contribution in [2.75, 3.05) is 5.32 Å². The van der Waals surface area contributed by atoms with Crippen LogP contribution in [0.4, 0.5) is 17.1 Å². The fourth-order valence-electron chi connectivity index (χ4n) is 1.50. The molecule has 2 aromatic carbocycles. The Balaban J connectivity index is 2.17. The van der Waals surface area contributed by atoms with Crippen LogP contribution in [0.3, 0.4) is 0 Å². The highest BCUT2D eigenvalue weighted by Gasteiger charge is 1.95. The molecule has 0 fully saturated rings. The maximum atomic E-state index is 10.3. The summed E-state index contributed by atoms with van der Waals surface area (Å²) < 4.78 is 0. The standard InChI is InChI=1S/C13H12N2O/c1-10-3-2-4-13(9-10)14-11-5-7-12(15-16)8-6-11/h2-9,14H,1H3. The molecule has 0 bridgehead atoms. The van der Waals surface area contributed by atoms with Gasteiger partial charge in [-0.2, -0.15) is 0 Å². The van der Waals surface area contributed by atoms with E-state index in [9.17, 15) is 4.91 Å². The van der Waals surface area contributed by atoms with Gasteiger partial charge in [0.05, 0.1) is 0 Å². The molecule has 16 heavy (non-hydrogen) atoms. The minimum Gasteiger partial charge on any atom is -0.356 e. The van der Waals surface area contributed by atoms with E-state index in [0.29, 0.717) is 5.69 Å². The van der Waals surface area contributed by atoms with Crippen molar-refractivity contribution in [3.63, 3.8) is 0 Å². The first kappa shape index (κ1) is 10.4. The normalized spacial score (nSPS) is 9.81. The van der Waals surface area contributed by atoms with Crippen LogP contribution in [0.1, 0.15) is 5.56 Å². The molecule has 0 heterocycles. The predicted molar refractivity (Wildman–Crippen MR) is 66.4 cm³/mol. The average molecular weight is 212 g/mol. The molecule has 0 aliphatic carbocycles. The zero-order chi connectivity index (χ0) is 11.4. The summed E-state index contributed by atoms with van der Waals surface area (Å²) in [5.74, 6) is 0. The van der Waals surface area contributed by atoms with Crippen LogP contribution in [0.15, 0.2) is 53.7 Å². The minimum absolute atomic E-state index is 0.440. The molecule has 3 heteroatoms. The number of nitrogens with one attached hydrogen (secondary N) is 1. The van der Waals surface area contributed by atoms with Gasteiger partial charge in [-0.1, -0.05) is 12.1 Å². The highest BCUT2D eigenvalue weighted by Crippen LogP contribution is 2.20. The number of hydrogen-bond donors (Lipinski definition) is 1. The number of hydrogen-bond acceptors (Lipinski definition) is 3. The summed E-state index contributed by atoms with van der Waals surface area (Å²) >= 11 is 0. The van der Waals surface area contributed by atoms with Crippen molar-refractivity contribution >= 4 is 17.1 Å². The summed E-state index contributed by atoms with van der Waals surface area (Å²) in [5.41, 5.74) is 3.62. The quantitative estimate of drug-likeness (QED) is 0.777. The lowest BCUT2D eigenvalue weighted by Gasteiger charge is -2.06. The van der Waals surface area contributed by atoms with Crippen LogP contribution >= 0.6 is 0 Å². The van der Waals surface area contributed by atoms with Crippen molar-refractivity contribution < 1.29 is 0 Å². The molecule has 0 aromatic heterocycles. The summed E-state index contributed by atoms with van der Waals surface area (Å²) in [6.07, 6.45) is 0. The van der Waals surface area contributed by atoms with Crippen molar-refractivity contribution in [2.24, 2.45) is 5.18 Å². The second-order valence-electron chi connectivity index (χ2n) is 3.63. The predicted octanol–water partition coefficient (Wildman–Crippen LogP) is 4.14. The largest absolute Gasteiger partial charge is 0.356 e. The van der Waals surface area contributed by atoms with Crippen LogP contribution in [0.2, 0.25) is 0 Å². The second-order valence-corrected chi connectivity index (χ2v) is 3.63. The Morgan fingerprint density at radius 2 is 1.75 bits per heavy atom. The van der Waals surface area contributed by atoms with Gasteiger partial charge in [0.1, 0.15) is 5.69 Å². The van der Waals surface area contributed by atoms with Crippen molar-refractivity contribution in [3.05, 3.63) is 59.0 Å². The molecule has 0 unspecified atom stereocenters. The highest BCUT2D eigenvalue weighted by atomic mass is 16.3. The third kappa shape index (κ3) is 2.45. The van der Waals surface area contributed by atoms with Gasteiger partial charge in [0.2, 0.25) is 0 Å². The first-order valence-electron chi connectivity index (χ1n) is 5.05. The average Bonchev–Trinajstić information content (AvgIpc) is 2.30. The van der Waals surface area contributed by atoms with Crippen LogP contribution in [-0.2, 0) is 0 Å². The highest BCUT2D eigenvalue weighted by molar-refractivity contribution is 5.62. The number of benzene rings is 2. The maximum Gasteiger partial charge on any atom is 0.108 e. The van der Waals surface area contributed by atoms with Gasteiger partial charge < -0.3 is 5.32 Å². The molecule has 2 aromatic rings. The van der Waals surface area contributed by atoms with Gasteiger partial charge in [0, 0.05) is 11.4 Å². The number of aryl methyl sites for hydroxylation is 1. The van der Waals surface area contributed by atoms with Crippen LogP contribution in [0, 0.1) is 11.8 Å². The summed E-state index contributed by atoms with van der Waals surface area (Å²) in [7, 11) is 0. The summed E-state index contributed by atoms with van der Waals surface area (Å²) in [6.45, 7) is 2.05. The third-order valence-electron chi connectivity index (χ3n) is 2.28. The molecule has 2 rings (SSSR count). The van der Waals surface area contributed by atoms with Crippen molar-refractivity contribution in [1.82, 2.24) is 0 Å². The third-order valence-corrected chi connectivity index (χ3v) is 2.28. The summed E-state index contributed by atoms with van der Waals surface area (Å²) in [4.78, 5) is 10.3. The monoisotopic (exact) mass is 212 g/mol. The lowest BCUT2D eigenvalue weighted by atomic mass is 10.2. The molecular formula is C13H12N2O. The molecule has 0 saturated carbocycles. The van der Waals surface area contributed by atoms with Gasteiger partial charge in [0.25, 0.3) is 0 Å². The van der Waals surface area contributed by atoms with Crippen molar-refractivity contribution in [1.29, 1.82) is 0 Å².